The highest BCUT2D eigenvalue weighted by molar-refractivity contribution is 5.71. The summed E-state index contributed by atoms with van der Waals surface area (Å²) in [6, 6.07) is 0. The Morgan fingerprint density at radius 2 is 0.722 bits per heavy atom. The molecular weight excluding hydrogens is 983 g/mol. The van der Waals surface area contributed by atoms with Crippen LogP contribution < -0.4 is 0 Å². The molecule has 0 aliphatic rings. The maximum Gasteiger partial charge on any atom is 0.361 e. The van der Waals surface area contributed by atoms with E-state index in [1.807, 2.05) is 21.1 Å². The third-order valence-corrected chi connectivity index (χ3v) is 14.2. The number of unbranched alkanes of at least 4 members (excludes halogenated alkanes) is 31. The second-order valence-corrected chi connectivity index (χ2v) is 23.1. The fourth-order valence-corrected chi connectivity index (χ4v) is 9.17. The lowest BCUT2D eigenvalue weighted by Crippen LogP contribution is -2.40. The SMILES string of the molecule is CC/C=C\C/C=C\C/C=C\C/C=C\C/C=C\C/C=C\C/C=C\CCCCCCCCCCCCCCCCCCCC(=O)OC(COC(=O)CCCCCCCCCCCCCCCCC)COC(OCC[N+](C)(C)C)C(=O)O. The average Bonchev–Trinajstić information content (AvgIpc) is 3.42. The molecule has 0 amide bonds. The number of nitrogens with zero attached hydrogens (tertiary/aromatic N) is 1. The van der Waals surface area contributed by atoms with E-state index >= 15 is 0 Å². The number of carbonyl (C=O) groups excluding carboxylic acids is 2. The quantitative estimate of drug-likeness (QED) is 0.0211. The smallest absolute Gasteiger partial charge is 0.361 e. The van der Waals surface area contributed by atoms with E-state index in [0.717, 1.165) is 83.5 Å². The minimum Gasteiger partial charge on any atom is -0.477 e. The van der Waals surface area contributed by atoms with Gasteiger partial charge in [0.15, 0.2) is 6.10 Å². The van der Waals surface area contributed by atoms with Crippen LogP contribution >= 0.6 is 0 Å². The first-order valence-electron chi connectivity index (χ1n) is 32.8. The van der Waals surface area contributed by atoms with Crippen molar-refractivity contribution in [1.82, 2.24) is 0 Å². The fourth-order valence-electron chi connectivity index (χ4n) is 9.17. The van der Waals surface area contributed by atoms with Crippen LogP contribution in [0.5, 0.6) is 0 Å². The minimum absolute atomic E-state index is 0.179. The zero-order valence-electron chi connectivity index (χ0n) is 52.0. The molecule has 0 saturated carbocycles. The van der Waals surface area contributed by atoms with Gasteiger partial charge < -0.3 is 28.5 Å². The van der Waals surface area contributed by atoms with Gasteiger partial charge >= 0.3 is 17.9 Å². The molecule has 2 unspecified atom stereocenters. The first kappa shape index (κ1) is 75.5. The van der Waals surface area contributed by atoms with Gasteiger partial charge in [-0.2, -0.15) is 0 Å². The Morgan fingerprint density at radius 3 is 1.08 bits per heavy atom. The number of hydrogen-bond donors (Lipinski definition) is 1. The third-order valence-electron chi connectivity index (χ3n) is 14.2. The van der Waals surface area contributed by atoms with Crippen LogP contribution in [-0.4, -0.2) is 87.4 Å². The van der Waals surface area contributed by atoms with Crippen LogP contribution in [0.15, 0.2) is 85.1 Å². The van der Waals surface area contributed by atoms with Crippen LogP contribution in [0.25, 0.3) is 0 Å². The molecule has 0 aromatic carbocycles. The van der Waals surface area contributed by atoms with Crippen molar-refractivity contribution in [3.05, 3.63) is 85.1 Å². The van der Waals surface area contributed by atoms with Gasteiger partial charge in [-0.25, -0.2) is 4.79 Å². The zero-order valence-corrected chi connectivity index (χ0v) is 52.0. The summed E-state index contributed by atoms with van der Waals surface area (Å²) in [6.07, 6.45) is 78.3. The number of rotatable bonds is 60. The van der Waals surface area contributed by atoms with Gasteiger partial charge in [-0.15, -0.1) is 0 Å². The third kappa shape index (κ3) is 61.9. The molecular formula is C70H124NO8+. The molecule has 0 radical (unpaired) electrons. The summed E-state index contributed by atoms with van der Waals surface area (Å²) in [5, 5.41) is 9.71. The van der Waals surface area contributed by atoms with Crippen molar-refractivity contribution < 1.29 is 42.9 Å². The molecule has 9 heteroatoms. The number of carboxylic acid groups (broad SMARTS) is 1. The predicted octanol–water partition coefficient (Wildman–Crippen LogP) is 19.9. The van der Waals surface area contributed by atoms with Gasteiger partial charge in [0.1, 0.15) is 13.2 Å². The van der Waals surface area contributed by atoms with E-state index in [1.165, 1.54) is 173 Å². The number of quaternary nitrogens is 1. The van der Waals surface area contributed by atoms with Crippen molar-refractivity contribution in [3.8, 4) is 0 Å². The monoisotopic (exact) mass is 1110 g/mol. The van der Waals surface area contributed by atoms with E-state index in [9.17, 15) is 19.5 Å². The molecule has 1 N–H and O–H groups in total. The maximum atomic E-state index is 12.9. The number of aliphatic carboxylic acids is 1. The number of likely N-dealkylation sites (N-methyl/N-ethyl adjacent to an activating group) is 1. The van der Waals surface area contributed by atoms with Gasteiger partial charge in [-0.1, -0.05) is 285 Å². The highest BCUT2D eigenvalue weighted by atomic mass is 16.7. The Kier molecular flexibility index (Phi) is 57.9. The zero-order chi connectivity index (χ0) is 57.6. The van der Waals surface area contributed by atoms with Crippen LogP contribution in [-0.2, 0) is 33.3 Å². The first-order valence-corrected chi connectivity index (χ1v) is 32.8. The Hall–Kier alpha value is -3.53. The van der Waals surface area contributed by atoms with E-state index in [2.05, 4.69) is 98.9 Å². The number of esters is 2. The molecule has 0 heterocycles. The molecule has 456 valence electrons. The molecule has 0 aromatic rings. The molecule has 0 bridgehead atoms. The van der Waals surface area contributed by atoms with Crippen molar-refractivity contribution in [2.75, 3.05) is 47.5 Å². The van der Waals surface area contributed by atoms with Crippen molar-refractivity contribution in [1.29, 1.82) is 0 Å². The summed E-state index contributed by atoms with van der Waals surface area (Å²) in [5.74, 6) is -1.99. The number of carbonyl (C=O) groups is 3. The lowest BCUT2D eigenvalue weighted by molar-refractivity contribution is -0.870. The first-order chi connectivity index (χ1) is 38.6. The Balaban J connectivity index is 4.03. The van der Waals surface area contributed by atoms with Gasteiger partial charge in [0, 0.05) is 12.8 Å². The second-order valence-electron chi connectivity index (χ2n) is 23.1. The number of allylic oxidation sites excluding steroid dienone is 14. The summed E-state index contributed by atoms with van der Waals surface area (Å²) in [5.41, 5.74) is 0. The minimum atomic E-state index is -1.51. The molecule has 0 spiro atoms. The predicted molar refractivity (Wildman–Crippen MR) is 336 cm³/mol. The van der Waals surface area contributed by atoms with Gasteiger partial charge in [-0.3, -0.25) is 9.59 Å². The van der Waals surface area contributed by atoms with Crippen LogP contribution in [0.1, 0.15) is 284 Å². The highest BCUT2D eigenvalue weighted by Crippen LogP contribution is 2.17. The van der Waals surface area contributed by atoms with Gasteiger partial charge in [0.25, 0.3) is 6.29 Å². The fraction of sp³-hybridized carbons (Fsp3) is 0.757. The number of ether oxygens (including phenoxy) is 4. The summed E-state index contributed by atoms with van der Waals surface area (Å²) in [7, 11) is 5.98. The Labute approximate surface area is 487 Å². The molecule has 0 fully saturated rings. The second kappa shape index (κ2) is 60.6. The maximum absolute atomic E-state index is 12.9. The van der Waals surface area contributed by atoms with Crippen molar-refractivity contribution in [3.63, 3.8) is 0 Å². The van der Waals surface area contributed by atoms with E-state index in [-0.39, 0.29) is 32.2 Å². The van der Waals surface area contributed by atoms with Gasteiger partial charge in [0.05, 0.1) is 34.4 Å². The molecule has 0 aliphatic heterocycles. The van der Waals surface area contributed by atoms with Crippen LogP contribution in [0, 0.1) is 0 Å². The Morgan fingerprint density at radius 1 is 0.392 bits per heavy atom. The molecule has 0 aliphatic carbocycles. The van der Waals surface area contributed by atoms with Crippen molar-refractivity contribution >= 4 is 17.9 Å². The van der Waals surface area contributed by atoms with E-state index < -0.39 is 24.3 Å². The molecule has 9 nitrogen and oxygen atoms in total. The standard InChI is InChI=1S/C70H123NO8/c1-6-8-10-12-14-16-18-20-22-23-24-25-26-27-28-29-30-31-32-33-34-35-36-37-38-39-40-41-42-43-44-45-47-49-51-53-55-57-59-61-68(73)79-66(65-78-70(69(74)75)76-63-62-71(3,4)5)64-77-67(72)60-58-56-54-52-50-48-46-21-19-17-15-13-11-9-7-2/h8,10,14,16,20,22,24-25,27-28,30-31,33-34,66,70H,6-7,9,11-13,15,17-19,21,23,26,29,32,35-65H2,1-5H3/p+1/b10-8-,16-14-,22-20-,25-24-,28-27-,31-30-,34-33-. The van der Waals surface area contributed by atoms with Gasteiger partial charge in [-0.05, 0) is 70.6 Å². The molecule has 0 aromatic heterocycles. The van der Waals surface area contributed by atoms with E-state index in [0.29, 0.717) is 17.4 Å². The van der Waals surface area contributed by atoms with Crippen LogP contribution in [0.4, 0.5) is 0 Å². The topological polar surface area (TPSA) is 108 Å². The van der Waals surface area contributed by atoms with E-state index in [4.69, 9.17) is 18.9 Å². The lowest BCUT2D eigenvalue weighted by atomic mass is 10.0. The van der Waals surface area contributed by atoms with Crippen molar-refractivity contribution in [2.24, 2.45) is 0 Å². The summed E-state index contributed by atoms with van der Waals surface area (Å²) in [4.78, 5) is 37.5. The molecule has 2 atom stereocenters. The lowest BCUT2D eigenvalue weighted by Gasteiger charge is -2.25. The highest BCUT2D eigenvalue weighted by Gasteiger charge is 2.25. The van der Waals surface area contributed by atoms with Gasteiger partial charge in [0.2, 0.25) is 0 Å². The average molecular weight is 1110 g/mol. The van der Waals surface area contributed by atoms with Crippen LogP contribution in [0.2, 0.25) is 0 Å². The largest absolute Gasteiger partial charge is 0.477 e. The summed E-state index contributed by atoms with van der Waals surface area (Å²) < 4.78 is 22.9. The van der Waals surface area contributed by atoms with Crippen LogP contribution in [0.3, 0.4) is 0 Å². The molecule has 79 heavy (non-hydrogen) atoms. The van der Waals surface area contributed by atoms with E-state index in [1.54, 1.807) is 0 Å². The van der Waals surface area contributed by atoms with Crippen molar-refractivity contribution in [2.45, 2.75) is 296 Å². The number of hydrogen-bond acceptors (Lipinski definition) is 7. The molecule has 0 saturated heterocycles. The number of carboxylic acids is 1. The summed E-state index contributed by atoms with van der Waals surface area (Å²) >= 11 is 0. The molecule has 0 rings (SSSR count). The summed E-state index contributed by atoms with van der Waals surface area (Å²) in [6.45, 7) is 4.79. The Bertz CT molecular complexity index is 1570. The normalized spacial score (nSPS) is 13.3.